The van der Waals surface area contributed by atoms with Crippen LogP contribution in [-0.2, 0) is 20.9 Å². The highest BCUT2D eigenvalue weighted by atomic mass is 19.3. The number of benzene rings is 1. The van der Waals surface area contributed by atoms with Gasteiger partial charge in [0.2, 0.25) is 0 Å². The largest absolute Gasteiger partial charge is 0.465 e. The van der Waals surface area contributed by atoms with Crippen molar-refractivity contribution in [3.05, 3.63) is 35.9 Å². The van der Waals surface area contributed by atoms with Crippen LogP contribution >= 0.6 is 0 Å². The molecule has 0 aliphatic rings. The molecule has 0 spiro atoms. The molecular weight excluding hydrogens is 279 g/mol. The lowest BCUT2D eigenvalue weighted by atomic mass is 10.2. The number of ether oxygens (including phenoxy) is 2. The molecular formula is C12H12F3NO4. The monoisotopic (exact) mass is 291 g/mol. The zero-order chi connectivity index (χ0) is 15.2. The Balaban J connectivity index is 2.61. The molecule has 0 saturated carbocycles. The Kier molecular flexibility index (Phi) is 5.36. The average Bonchev–Trinajstić information content (AvgIpc) is 2.45. The van der Waals surface area contributed by atoms with Gasteiger partial charge in [-0.25, -0.2) is 22.8 Å². The van der Waals surface area contributed by atoms with Gasteiger partial charge < -0.3 is 9.47 Å². The van der Waals surface area contributed by atoms with Crippen molar-refractivity contribution in [1.29, 1.82) is 0 Å². The maximum absolute atomic E-state index is 13.6. The SMILES string of the molecule is COC(=O)C(F)(NC(=O)OCc1ccccc1)C(F)F. The summed E-state index contributed by atoms with van der Waals surface area (Å²) in [5, 5.41) is 1.16. The van der Waals surface area contributed by atoms with Crippen LogP contribution < -0.4 is 5.32 Å². The van der Waals surface area contributed by atoms with Gasteiger partial charge in [0.15, 0.2) is 0 Å². The van der Waals surface area contributed by atoms with Crippen LogP contribution in [0.25, 0.3) is 0 Å². The van der Waals surface area contributed by atoms with E-state index in [9.17, 15) is 22.8 Å². The van der Waals surface area contributed by atoms with E-state index in [1.807, 2.05) is 0 Å². The molecule has 0 aliphatic carbocycles. The molecule has 1 aromatic rings. The fourth-order valence-electron chi connectivity index (χ4n) is 1.25. The molecule has 110 valence electrons. The number of carbonyl (C=O) groups excluding carboxylic acids is 2. The van der Waals surface area contributed by atoms with Gasteiger partial charge in [-0.05, 0) is 5.56 Å². The van der Waals surface area contributed by atoms with Crippen molar-refractivity contribution in [2.24, 2.45) is 0 Å². The molecule has 1 atom stereocenters. The molecule has 0 aromatic heterocycles. The molecule has 0 saturated heterocycles. The maximum Gasteiger partial charge on any atom is 0.410 e. The first-order valence-corrected chi connectivity index (χ1v) is 5.44. The molecule has 0 radical (unpaired) electrons. The molecule has 20 heavy (non-hydrogen) atoms. The smallest absolute Gasteiger partial charge is 0.410 e. The van der Waals surface area contributed by atoms with Gasteiger partial charge in [0.25, 0.3) is 0 Å². The molecule has 1 unspecified atom stereocenters. The summed E-state index contributed by atoms with van der Waals surface area (Å²) in [6.45, 7) is -0.257. The Morgan fingerprint density at radius 1 is 1.30 bits per heavy atom. The minimum Gasteiger partial charge on any atom is -0.465 e. The third kappa shape index (κ3) is 3.87. The van der Waals surface area contributed by atoms with Gasteiger partial charge in [0.05, 0.1) is 7.11 Å². The zero-order valence-electron chi connectivity index (χ0n) is 10.4. The molecule has 1 rings (SSSR count). The Labute approximate surface area is 112 Å². The molecule has 0 aliphatic heterocycles. The number of hydrogen-bond donors (Lipinski definition) is 1. The van der Waals surface area contributed by atoms with E-state index in [0.29, 0.717) is 5.56 Å². The molecule has 0 fully saturated rings. The highest BCUT2D eigenvalue weighted by Crippen LogP contribution is 2.20. The van der Waals surface area contributed by atoms with Gasteiger partial charge in [-0.3, -0.25) is 5.32 Å². The minimum absolute atomic E-state index is 0.257. The normalized spacial score (nSPS) is 13.4. The lowest BCUT2D eigenvalue weighted by Crippen LogP contribution is -2.56. The van der Waals surface area contributed by atoms with Gasteiger partial charge >= 0.3 is 24.3 Å². The summed E-state index contributed by atoms with van der Waals surface area (Å²) >= 11 is 0. The van der Waals surface area contributed by atoms with Gasteiger partial charge in [-0.1, -0.05) is 30.3 Å². The van der Waals surface area contributed by atoms with E-state index in [-0.39, 0.29) is 6.61 Å². The van der Waals surface area contributed by atoms with Crippen molar-refractivity contribution in [1.82, 2.24) is 5.32 Å². The molecule has 1 N–H and O–H groups in total. The van der Waals surface area contributed by atoms with E-state index < -0.39 is 24.3 Å². The number of rotatable bonds is 5. The van der Waals surface area contributed by atoms with Crippen molar-refractivity contribution in [2.45, 2.75) is 18.8 Å². The second kappa shape index (κ2) is 6.78. The molecule has 1 aromatic carbocycles. The van der Waals surface area contributed by atoms with Crippen molar-refractivity contribution in [3.8, 4) is 0 Å². The summed E-state index contributed by atoms with van der Waals surface area (Å²) in [6.07, 6.45) is -5.29. The number of methoxy groups -OCH3 is 1. The summed E-state index contributed by atoms with van der Waals surface area (Å²) in [6, 6.07) is 8.30. The van der Waals surface area contributed by atoms with E-state index in [0.717, 1.165) is 12.4 Å². The average molecular weight is 291 g/mol. The highest BCUT2D eigenvalue weighted by Gasteiger charge is 2.51. The number of amides is 1. The number of alkyl carbamates (subject to hydrolysis) is 1. The second-order valence-corrected chi connectivity index (χ2v) is 3.69. The van der Waals surface area contributed by atoms with E-state index in [4.69, 9.17) is 0 Å². The van der Waals surface area contributed by atoms with Crippen LogP contribution in [-0.4, -0.2) is 31.4 Å². The summed E-state index contributed by atoms with van der Waals surface area (Å²) in [5.74, 6) is -5.85. The fourth-order valence-corrected chi connectivity index (χ4v) is 1.25. The summed E-state index contributed by atoms with van der Waals surface area (Å²) in [4.78, 5) is 22.2. The lowest BCUT2D eigenvalue weighted by Gasteiger charge is -2.22. The van der Waals surface area contributed by atoms with Crippen LogP contribution in [0.2, 0.25) is 0 Å². The summed E-state index contributed by atoms with van der Waals surface area (Å²) < 4.78 is 47.1. The molecule has 0 heterocycles. The van der Waals surface area contributed by atoms with Crippen LogP contribution in [0.1, 0.15) is 5.56 Å². The van der Waals surface area contributed by atoms with Crippen LogP contribution in [0.15, 0.2) is 30.3 Å². The van der Waals surface area contributed by atoms with Gasteiger partial charge in [-0.15, -0.1) is 0 Å². The minimum atomic E-state index is -3.94. The van der Waals surface area contributed by atoms with Crippen LogP contribution in [0.4, 0.5) is 18.0 Å². The maximum atomic E-state index is 13.6. The highest BCUT2D eigenvalue weighted by molar-refractivity contribution is 5.84. The first-order valence-electron chi connectivity index (χ1n) is 5.44. The van der Waals surface area contributed by atoms with E-state index in [2.05, 4.69) is 9.47 Å². The predicted molar refractivity (Wildman–Crippen MR) is 61.6 cm³/mol. The lowest BCUT2D eigenvalue weighted by molar-refractivity contribution is -0.170. The number of hydrogen-bond acceptors (Lipinski definition) is 4. The molecule has 0 bridgehead atoms. The Hall–Kier alpha value is -2.25. The number of nitrogens with one attached hydrogen (secondary N) is 1. The van der Waals surface area contributed by atoms with Crippen molar-refractivity contribution in [2.75, 3.05) is 7.11 Å². The van der Waals surface area contributed by atoms with Crippen molar-refractivity contribution in [3.63, 3.8) is 0 Å². The Bertz CT molecular complexity index is 469. The van der Waals surface area contributed by atoms with Crippen LogP contribution in [0.5, 0.6) is 0 Å². The number of carbonyl (C=O) groups is 2. The molecule has 1 amide bonds. The number of alkyl halides is 3. The third-order valence-electron chi connectivity index (χ3n) is 2.28. The Morgan fingerprint density at radius 2 is 1.90 bits per heavy atom. The van der Waals surface area contributed by atoms with E-state index in [1.165, 1.54) is 0 Å². The zero-order valence-corrected chi connectivity index (χ0v) is 10.4. The molecule has 5 nitrogen and oxygen atoms in total. The van der Waals surface area contributed by atoms with Gasteiger partial charge in [0, 0.05) is 0 Å². The van der Waals surface area contributed by atoms with Crippen molar-refractivity contribution < 1.29 is 32.2 Å². The van der Waals surface area contributed by atoms with Gasteiger partial charge in [0.1, 0.15) is 6.61 Å². The van der Waals surface area contributed by atoms with Gasteiger partial charge in [-0.2, -0.15) is 0 Å². The van der Waals surface area contributed by atoms with E-state index in [1.54, 1.807) is 30.3 Å². The number of esters is 1. The molecule has 8 heteroatoms. The topological polar surface area (TPSA) is 64.6 Å². The van der Waals surface area contributed by atoms with Crippen molar-refractivity contribution >= 4 is 12.1 Å². The Morgan fingerprint density at radius 3 is 2.40 bits per heavy atom. The van der Waals surface area contributed by atoms with Crippen LogP contribution in [0.3, 0.4) is 0 Å². The number of halogens is 3. The first-order chi connectivity index (χ1) is 9.40. The predicted octanol–water partition coefficient (Wildman–Crippen LogP) is 2.02. The summed E-state index contributed by atoms with van der Waals surface area (Å²) in [7, 11) is 0.718. The second-order valence-electron chi connectivity index (χ2n) is 3.69. The summed E-state index contributed by atoms with van der Waals surface area (Å²) in [5.41, 5.74) is 0.572. The fraction of sp³-hybridized carbons (Fsp3) is 0.333. The first kappa shape index (κ1) is 15.8. The van der Waals surface area contributed by atoms with E-state index >= 15 is 0 Å². The third-order valence-corrected chi connectivity index (χ3v) is 2.28. The van der Waals surface area contributed by atoms with Crippen LogP contribution in [0, 0.1) is 0 Å². The quantitative estimate of drug-likeness (QED) is 0.666. The standard InChI is InChI=1S/C12H12F3NO4/c1-19-10(17)12(15,9(13)14)16-11(18)20-7-8-5-3-2-4-6-8/h2-6,9H,7H2,1H3,(H,16,18).